The smallest absolute Gasteiger partial charge is 0.322 e. The van der Waals surface area contributed by atoms with Gasteiger partial charge in [0.15, 0.2) is 0 Å². The van der Waals surface area contributed by atoms with Crippen molar-refractivity contribution in [1.29, 1.82) is 0 Å². The molecule has 1 amide bonds. The normalized spacial score (nSPS) is 11.2. The van der Waals surface area contributed by atoms with Gasteiger partial charge in [-0.3, -0.25) is 14.8 Å². The predicted molar refractivity (Wildman–Crippen MR) is 94.4 cm³/mol. The molecule has 0 aliphatic rings. The van der Waals surface area contributed by atoms with Crippen LogP contribution in [-0.2, 0) is 11.2 Å². The molecule has 0 unspecified atom stereocenters. The lowest BCUT2D eigenvalue weighted by molar-refractivity contribution is -0.115. The Bertz CT molecular complexity index is 930. The number of nitrogens with zero attached hydrogens (tertiary/aromatic N) is 4. The average Bonchev–Trinajstić information content (AvgIpc) is 3.17. The van der Waals surface area contributed by atoms with Crippen molar-refractivity contribution >= 4 is 23.5 Å². The predicted octanol–water partition coefficient (Wildman–Crippen LogP) is 3.80. The summed E-state index contributed by atoms with van der Waals surface area (Å²) < 4.78 is 21.0. The van der Waals surface area contributed by atoms with Crippen molar-refractivity contribution in [3.8, 4) is 11.6 Å². The molecule has 0 saturated carbocycles. The Morgan fingerprint density at radius 3 is 2.81 bits per heavy atom. The number of carbonyl (C=O) groups excluding carboxylic acids is 1. The second-order valence-electron chi connectivity index (χ2n) is 6.05. The molecule has 7 nitrogen and oxygen atoms in total. The minimum atomic E-state index is -0.548. The minimum absolute atomic E-state index is 0.0887. The van der Waals surface area contributed by atoms with E-state index in [1.54, 1.807) is 0 Å². The number of hydrogen-bond donors (Lipinski definition) is 1. The van der Waals surface area contributed by atoms with Crippen LogP contribution in [0, 0.1) is 12.7 Å². The zero-order valence-corrected chi connectivity index (χ0v) is 15.2. The van der Waals surface area contributed by atoms with Crippen LogP contribution in [-0.4, -0.2) is 25.9 Å². The van der Waals surface area contributed by atoms with E-state index in [1.807, 2.05) is 31.5 Å². The van der Waals surface area contributed by atoms with Crippen molar-refractivity contribution in [1.82, 2.24) is 20.0 Å². The molecule has 1 N–H and O–H groups in total. The lowest BCUT2D eigenvalue weighted by Crippen LogP contribution is -2.15. The van der Waals surface area contributed by atoms with E-state index in [9.17, 15) is 9.18 Å². The Kier molecular flexibility index (Phi) is 5.03. The van der Waals surface area contributed by atoms with E-state index in [1.165, 1.54) is 18.2 Å². The first kappa shape index (κ1) is 18.1. The number of rotatable bonds is 5. The largest absolute Gasteiger partial charge is 0.401 e. The van der Waals surface area contributed by atoms with Crippen LogP contribution < -0.4 is 5.32 Å². The van der Waals surface area contributed by atoms with Gasteiger partial charge in [0.1, 0.15) is 11.5 Å². The lowest BCUT2D eigenvalue weighted by Gasteiger charge is -2.06. The number of carbonyl (C=O) groups is 1. The summed E-state index contributed by atoms with van der Waals surface area (Å²) in [6, 6.07) is 6.16. The van der Waals surface area contributed by atoms with Crippen LogP contribution in [0.4, 0.5) is 10.4 Å². The molecular weight excluding hydrogens is 361 g/mol. The Balaban J connectivity index is 1.72. The highest BCUT2D eigenvalue weighted by Crippen LogP contribution is 2.22. The minimum Gasteiger partial charge on any atom is -0.401 e. The highest BCUT2D eigenvalue weighted by Gasteiger charge is 2.17. The Hall–Kier alpha value is -2.74. The summed E-state index contributed by atoms with van der Waals surface area (Å²) in [5.74, 6) is -0.878. The molecule has 3 aromatic rings. The summed E-state index contributed by atoms with van der Waals surface area (Å²) in [6.07, 6.45) is -0.246. The van der Waals surface area contributed by atoms with E-state index in [4.69, 9.17) is 16.0 Å². The first-order valence-corrected chi connectivity index (χ1v) is 8.35. The van der Waals surface area contributed by atoms with E-state index < -0.39 is 11.7 Å². The molecule has 0 bridgehead atoms. The number of benzene rings is 1. The number of aromatic nitrogens is 4. The van der Waals surface area contributed by atoms with Crippen LogP contribution in [0.3, 0.4) is 0 Å². The van der Waals surface area contributed by atoms with Crippen LogP contribution in [0.25, 0.3) is 11.6 Å². The molecule has 0 atom stereocenters. The molecule has 1 aromatic carbocycles. The van der Waals surface area contributed by atoms with Crippen molar-refractivity contribution in [3.63, 3.8) is 0 Å². The van der Waals surface area contributed by atoms with E-state index in [0.29, 0.717) is 5.69 Å². The Morgan fingerprint density at radius 1 is 1.38 bits per heavy atom. The van der Waals surface area contributed by atoms with Crippen molar-refractivity contribution in [2.24, 2.45) is 0 Å². The summed E-state index contributed by atoms with van der Waals surface area (Å²) in [5, 5.41) is 14.7. The highest BCUT2D eigenvalue weighted by molar-refractivity contribution is 6.31. The molecule has 0 aliphatic heterocycles. The van der Waals surface area contributed by atoms with Gasteiger partial charge in [-0.1, -0.05) is 22.8 Å². The molecule has 0 saturated heterocycles. The number of aryl methyl sites for hydroxylation is 1. The Morgan fingerprint density at radius 2 is 2.15 bits per heavy atom. The lowest BCUT2D eigenvalue weighted by atomic mass is 10.1. The SMILES string of the molecule is Cc1cc(-c2nnc(NC(=O)Cc3c(F)cccc3Cl)o2)nn1C(C)C. The summed E-state index contributed by atoms with van der Waals surface area (Å²) in [6.45, 7) is 5.95. The maximum Gasteiger partial charge on any atom is 0.322 e. The average molecular weight is 378 g/mol. The third kappa shape index (κ3) is 3.75. The molecule has 2 aromatic heterocycles. The molecule has 0 aliphatic carbocycles. The monoisotopic (exact) mass is 377 g/mol. The zero-order chi connectivity index (χ0) is 18.8. The van der Waals surface area contributed by atoms with E-state index >= 15 is 0 Å². The molecule has 3 rings (SSSR count). The fraction of sp³-hybridized carbons (Fsp3) is 0.294. The van der Waals surface area contributed by atoms with Gasteiger partial charge in [-0.15, -0.1) is 5.10 Å². The number of halogens is 2. The fourth-order valence-corrected chi connectivity index (χ4v) is 2.75. The maximum atomic E-state index is 13.8. The van der Waals surface area contributed by atoms with Gasteiger partial charge in [-0.25, -0.2) is 4.39 Å². The van der Waals surface area contributed by atoms with Gasteiger partial charge < -0.3 is 4.42 Å². The van der Waals surface area contributed by atoms with E-state index in [2.05, 4.69) is 20.6 Å². The van der Waals surface area contributed by atoms with Crippen LogP contribution in [0.15, 0.2) is 28.7 Å². The Labute approximate surface area is 154 Å². The third-order valence-corrected chi connectivity index (χ3v) is 4.06. The highest BCUT2D eigenvalue weighted by atomic mass is 35.5. The van der Waals surface area contributed by atoms with Crippen molar-refractivity contribution < 1.29 is 13.6 Å². The molecular formula is C17H17ClFN5O2. The van der Waals surface area contributed by atoms with Gasteiger partial charge in [0.05, 0.1) is 6.42 Å². The first-order chi connectivity index (χ1) is 12.3. The molecule has 9 heteroatoms. The molecule has 136 valence electrons. The third-order valence-electron chi connectivity index (χ3n) is 3.70. The molecule has 0 radical (unpaired) electrons. The van der Waals surface area contributed by atoms with Crippen molar-refractivity contribution in [2.45, 2.75) is 33.2 Å². The molecule has 0 fully saturated rings. The quantitative estimate of drug-likeness (QED) is 0.731. The number of hydrogen-bond acceptors (Lipinski definition) is 5. The van der Waals surface area contributed by atoms with Crippen molar-refractivity contribution in [3.05, 3.63) is 46.4 Å². The van der Waals surface area contributed by atoms with Gasteiger partial charge >= 0.3 is 6.01 Å². The standard InChI is InChI=1S/C17H17ClFN5O2/c1-9(2)24-10(3)7-14(23-24)16-21-22-17(26-16)20-15(25)8-11-12(18)5-4-6-13(11)19/h4-7,9H,8H2,1-3H3,(H,20,22,25). The molecule has 0 spiro atoms. The summed E-state index contributed by atoms with van der Waals surface area (Å²) in [7, 11) is 0. The number of amides is 1. The second kappa shape index (κ2) is 7.25. The summed E-state index contributed by atoms with van der Waals surface area (Å²) in [4.78, 5) is 12.1. The molecule has 2 heterocycles. The maximum absolute atomic E-state index is 13.8. The topological polar surface area (TPSA) is 85.8 Å². The molecule has 26 heavy (non-hydrogen) atoms. The number of nitrogens with one attached hydrogen (secondary N) is 1. The zero-order valence-electron chi connectivity index (χ0n) is 14.5. The van der Waals surface area contributed by atoms with E-state index in [0.717, 1.165) is 5.69 Å². The van der Waals surface area contributed by atoms with Gasteiger partial charge in [-0.05, 0) is 39.0 Å². The van der Waals surface area contributed by atoms with Gasteiger partial charge in [0, 0.05) is 22.3 Å². The number of anilines is 1. The second-order valence-corrected chi connectivity index (χ2v) is 6.45. The van der Waals surface area contributed by atoms with Crippen LogP contribution >= 0.6 is 11.6 Å². The van der Waals surface area contributed by atoms with Gasteiger partial charge in [0.25, 0.3) is 5.89 Å². The van der Waals surface area contributed by atoms with Crippen LogP contribution in [0.1, 0.15) is 31.1 Å². The van der Waals surface area contributed by atoms with Crippen LogP contribution in [0.5, 0.6) is 0 Å². The van der Waals surface area contributed by atoms with Gasteiger partial charge in [0.2, 0.25) is 5.91 Å². The van der Waals surface area contributed by atoms with Gasteiger partial charge in [-0.2, -0.15) is 5.10 Å². The van der Waals surface area contributed by atoms with Crippen LogP contribution in [0.2, 0.25) is 5.02 Å². The first-order valence-electron chi connectivity index (χ1n) is 7.98. The summed E-state index contributed by atoms with van der Waals surface area (Å²) >= 11 is 5.92. The fourth-order valence-electron chi connectivity index (χ4n) is 2.52. The summed E-state index contributed by atoms with van der Waals surface area (Å²) in [5.41, 5.74) is 1.58. The van der Waals surface area contributed by atoms with E-state index in [-0.39, 0.29) is 35.0 Å². The van der Waals surface area contributed by atoms with Crippen molar-refractivity contribution in [2.75, 3.05) is 5.32 Å².